The standard InChI is InChI=1S/C11H10Cl3NO3/c12-6-9(10(13)14)15-18-11(16)17-7-8-4-2-1-3-5-8/h1-5,10H,6-7H2. The molecule has 1 rings (SSSR count). The number of carbonyl (C=O) groups excluding carboxylic acids is 1. The zero-order valence-corrected chi connectivity index (χ0v) is 11.5. The fraction of sp³-hybridized carbons (Fsp3) is 0.273. The number of nitrogens with zero attached hydrogens (tertiary/aromatic N) is 1. The minimum Gasteiger partial charge on any atom is -0.428 e. The van der Waals surface area contributed by atoms with Crippen LogP contribution in [0.1, 0.15) is 5.56 Å². The van der Waals surface area contributed by atoms with Crippen LogP contribution in [0.3, 0.4) is 0 Å². The molecule has 1 aromatic carbocycles. The third-order valence-electron chi connectivity index (χ3n) is 1.83. The van der Waals surface area contributed by atoms with Gasteiger partial charge in [0.05, 0.1) is 5.88 Å². The molecule has 0 aromatic heterocycles. The van der Waals surface area contributed by atoms with Gasteiger partial charge in [-0.25, -0.2) is 4.79 Å². The first kappa shape index (κ1) is 15.1. The molecular formula is C11H10Cl3NO3. The Morgan fingerprint density at radius 2 is 1.94 bits per heavy atom. The van der Waals surface area contributed by atoms with Gasteiger partial charge in [-0.2, -0.15) is 0 Å². The van der Waals surface area contributed by atoms with Gasteiger partial charge < -0.3 is 4.74 Å². The minimum atomic E-state index is -0.949. The highest BCUT2D eigenvalue weighted by Crippen LogP contribution is 2.07. The number of benzene rings is 1. The molecule has 7 heteroatoms. The smallest absolute Gasteiger partial charge is 0.428 e. The van der Waals surface area contributed by atoms with E-state index in [-0.39, 0.29) is 18.2 Å². The monoisotopic (exact) mass is 309 g/mol. The molecule has 18 heavy (non-hydrogen) atoms. The molecule has 98 valence electrons. The van der Waals surface area contributed by atoms with Crippen molar-refractivity contribution in [1.29, 1.82) is 0 Å². The molecule has 0 aliphatic heterocycles. The topological polar surface area (TPSA) is 47.9 Å². The lowest BCUT2D eigenvalue weighted by Gasteiger charge is -2.04. The Balaban J connectivity index is 2.38. The summed E-state index contributed by atoms with van der Waals surface area (Å²) in [6, 6.07) is 9.15. The second-order valence-corrected chi connectivity index (χ2v) is 4.50. The van der Waals surface area contributed by atoms with Crippen LogP contribution in [0.2, 0.25) is 0 Å². The van der Waals surface area contributed by atoms with Gasteiger partial charge in [-0.05, 0) is 5.56 Å². The van der Waals surface area contributed by atoms with Crippen LogP contribution in [-0.2, 0) is 16.2 Å². The van der Waals surface area contributed by atoms with Gasteiger partial charge >= 0.3 is 6.16 Å². The Morgan fingerprint density at radius 1 is 1.28 bits per heavy atom. The number of hydrogen-bond acceptors (Lipinski definition) is 4. The first-order valence-electron chi connectivity index (χ1n) is 4.92. The van der Waals surface area contributed by atoms with E-state index in [1.165, 1.54) is 0 Å². The van der Waals surface area contributed by atoms with Gasteiger partial charge in [0.2, 0.25) is 0 Å². The van der Waals surface area contributed by atoms with E-state index in [1.54, 1.807) is 0 Å². The summed E-state index contributed by atoms with van der Waals surface area (Å²) >= 11 is 16.5. The summed E-state index contributed by atoms with van der Waals surface area (Å²) in [6.45, 7) is 0.0938. The predicted molar refractivity (Wildman–Crippen MR) is 71.4 cm³/mol. The average Bonchev–Trinajstić information content (AvgIpc) is 2.38. The molecular weight excluding hydrogens is 300 g/mol. The van der Waals surface area contributed by atoms with Gasteiger partial charge in [-0.15, -0.1) is 11.6 Å². The van der Waals surface area contributed by atoms with Crippen molar-refractivity contribution < 1.29 is 14.4 Å². The molecule has 4 nitrogen and oxygen atoms in total. The number of oxime groups is 1. The molecule has 0 radical (unpaired) electrons. The molecule has 0 saturated heterocycles. The normalized spacial score (nSPS) is 11.4. The number of rotatable bonds is 5. The third-order valence-corrected chi connectivity index (χ3v) is 2.60. The maximum Gasteiger partial charge on any atom is 0.535 e. The van der Waals surface area contributed by atoms with Gasteiger partial charge in [0.25, 0.3) is 0 Å². The molecule has 0 spiro atoms. The van der Waals surface area contributed by atoms with Crippen molar-refractivity contribution in [3.05, 3.63) is 35.9 Å². The number of hydrogen-bond donors (Lipinski definition) is 0. The Kier molecular flexibility index (Phi) is 6.86. The SMILES string of the molecule is O=C(OCc1ccccc1)ON=C(CCl)C(Cl)Cl. The number of halogens is 3. The van der Waals surface area contributed by atoms with Crippen molar-refractivity contribution in [2.24, 2.45) is 5.16 Å². The summed E-state index contributed by atoms with van der Waals surface area (Å²) in [5, 5.41) is 3.40. The summed E-state index contributed by atoms with van der Waals surface area (Å²) in [6.07, 6.45) is -0.949. The van der Waals surface area contributed by atoms with Crippen molar-refractivity contribution in [3.8, 4) is 0 Å². The van der Waals surface area contributed by atoms with E-state index in [0.717, 1.165) is 5.56 Å². The molecule has 0 amide bonds. The molecule has 0 atom stereocenters. The second-order valence-electron chi connectivity index (χ2n) is 3.13. The van der Waals surface area contributed by atoms with E-state index >= 15 is 0 Å². The lowest BCUT2D eigenvalue weighted by molar-refractivity contribution is 0.0518. The fourth-order valence-electron chi connectivity index (χ4n) is 0.961. The van der Waals surface area contributed by atoms with E-state index in [1.807, 2.05) is 30.3 Å². The summed E-state index contributed by atoms with van der Waals surface area (Å²) < 4.78 is 4.81. The highest BCUT2D eigenvalue weighted by Gasteiger charge is 2.11. The van der Waals surface area contributed by atoms with Crippen molar-refractivity contribution in [1.82, 2.24) is 0 Å². The zero-order chi connectivity index (χ0) is 13.4. The van der Waals surface area contributed by atoms with Gasteiger partial charge in [-0.1, -0.05) is 58.7 Å². The first-order valence-corrected chi connectivity index (χ1v) is 6.32. The first-order chi connectivity index (χ1) is 8.63. The summed E-state index contributed by atoms with van der Waals surface area (Å²) in [5.74, 6) is -0.0381. The van der Waals surface area contributed by atoms with Crippen LogP contribution in [-0.4, -0.2) is 22.6 Å². The maximum atomic E-state index is 11.2. The highest BCUT2D eigenvalue weighted by atomic mass is 35.5. The Bertz CT molecular complexity index is 409. The van der Waals surface area contributed by atoms with Crippen molar-refractivity contribution in [2.75, 3.05) is 5.88 Å². The van der Waals surface area contributed by atoms with Crippen LogP contribution in [0.5, 0.6) is 0 Å². The van der Waals surface area contributed by atoms with E-state index in [9.17, 15) is 4.79 Å². The van der Waals surface area contributed by atoms with Crippen LogP contribution in [0.4, 0.5) is 4.79 Å². The van der Waals surface area contributed by atoms with E-state index < -0.39 is 11.0 Å². The maximum absolute atomic E-state index is 11.2. The molecule has 0 heterocycles. The number of ether oxygens (including phenoxy) is 1. The van der Waals surface area contributed by atoms with Crippen LogP contribution in [0.25, 0.3) is 0 Å². The largest absolute Gasteiger partial charge is 0.535 e. The lowest BCUT2D eigenvalue weighted by atomic mass is 10.2. The number of carbonyl (C=O) groups is 1. The Labute approximate surface area is 119 Å². The van der Waals surface area contributed by atoms with E-state index in [0.29, 0.717) is 0 Å². The van der Waals surface area contributed by atoms with E-state index in [2.05, 4.69) is 9.99 Å². The van der Waals surface area contributed by atoms with Crippen LogP contribution in [0.15, 0.2) is 35.5 Å². The fourth-order valence-corrected chi connectivity index (χ4v) is 1.56. The summed E-state index contributed by atoms with van der Waals surface area (Å²) in [5.41, 5.74) is 0.972. The quantitative estimate of drug-likeness (QED) is 0.274. The van der Waals surface area contributed by atoms with Gasteiger partial charge in [0.1, 0.15) is 17.2 Å². The average molecular weight is 311 g/mol. The summed E-state index contributed by atoms with van der Waals surface area (Å²) in [4.78, 5) is 14.7. The predicted octanol–water partition coefficient (Wildman–Crippen LogP) is 3.74. The van der Waals surface area contributed by atoms with Crippen molar-refractivity contribution >= 4 is 46.7 Å². The van der Waals surface area contributed by atoms with E-state index in [4.69, 9.17) is 39.5 Å². The molecule has 0 N–H and O–H groups in total. The molecule has 0 unspecified atom stereocenters. The molecule has 0 aliphatic rings. The Morgan fingerprint density at radius 3 is 2.50 bits per heavy atom. The summed E-state index contributed by atoms with van der Waals surface area (Å²) in [7, 11) is 0. The molecule has 0 fully saturated rings. The van der Waals surface area contributed by atoms with Gasteiger partial charge in [0, 0.05) is 0 Å². The van der Waals surface area contributed by atoms with Gasteiger partial charge in [0.15, 0.2) is 0 Å². The lowest BCUT2D eigenvalue weighted by Crippen LogP contribution is -2.13. The number of alkyl halides is 3. The van der Waals surface area contributed by atoms with Crippen LogP contribution < -0.4 is 0 Å². The van der Waals surface area contributed by atoms with Crippen LogP contribution in [0, 0.1) is 0 Å². The minimum absolute atomic E-state index is 0.0381. The molecule has 0 saturated carbocycles. The highest BCUT2D eigenvalue weighted by molar-refractivity contribution is 6.56. The Hall–Kier alpha value is -0.970. The van der Waals surface area contributed by atoms with Crippen LogP contribution >= 0.6 is 34.8 Å². The van der Waals surface area contributed by atoms with Crippen molar-refractivity contribution in [2.45, 2.75) is 11.4 Å². The molecule has 1 aromatic rings. The molecule has 0 aliphatic carbocycles. The van der Waals surface area contributed by atoms with Crippen molar-refractivity contribution in [3.63, 3.8) is 0 Å². The third kappa shape index (κ3) is 5.58. The molecule has 0 bridgehead atoms. The van der Waals surface area contributed by atoms with Gasteiger partial charge in [-0.3, -0.25) is 4.84 Å². The second kappa shape index (κ2) is 8.19. The zero-order valence-electron chi connectivity index (χ0n) is 9.18.